The van der Waals surface area contributed by atoms with Crippen LogP contribution in [0.1, 0.15) is 61.5 Å². The summed E-state index contributed by atoms with van der Waals surface area (Å²) in [6.45, 7) is 10.3. The first-order valence-electron chi connectivity index (χ1n) is 13.4. The van der Waals surface area contributed by atoms with E-state index in [2.05, 4.69) is 29.9 Å². The number of carbonyl (C=O) groups is 2. The fourth-order valence-electron chi connectivity index (χ4n) is 5.98. The van der Waals surface area contributed by atoms with Gasteiger partial charge in [-0.1, -0.05) is 0 Å². The van der Waals surface area contributed by atoms with Crippen molar-refractivity contribution in [2.75, 3.05) is 20.1 Å². The van der Waals surface area contributed by atoms with Gasteiger partial charge < -0.3 is 14.4 Å². The summed E-state index contributed by atoms with van der Waals surface area (Å²) in [5, 5.41) is 1.16. The first-order chi connectivity index (χ1) is 17.6. The summed E-state index contributed by atoms with van der Waals surface area (Å²) in [4.78, 5) is 33.5. The van der Waals surface area contributed by atoms with Crippen LogP contribution < -0.4 is 0 Å². The third-order valence-corrected chi connectivity index (χ3v) is 8.59. The van der Waals surface area contributed by atoms with Crippen molar-refractivity contribution < 1.29 is 14.0 Å². The van der Waals surface area contributed by atoms with Crippen LogP contribution in [0.5, 0.6) is 0 Å². The van der Waals surface area contributed by atoms with E-state index >= 15 is 0 Å². The molecule has 6 nitrogen and oxygen atoms in total. The number of halogens is 1. The molecule has 3 aromatic rings. The largest absolute Gasteiger partial charge is 0.339 e. The number of likely N-dealkylation sites (tertiary alicyclic amines) is 1. The molecule has 2 atom stereocenters. The lowest BCUT2D eigenvalue weighted by Crippen LogP contribution is -2.43. The zero-order valence-corrected chi connectivity index (χ0v) is 22.5. The molecular weight excluding hydrogens is 467 g/mol. The Morgan fingerprint density at radius 1 is 1.22 bits per heavy atom. The molecule has 2 fully saturated rings. The van der Waals surface area contributed by atoms with Crippen molar-refractivity contribution in [2.24, 2.45) is 11.8 Å². The van der Waals surface area contributed by atoms with Crippen LogP contribution in [0.2, 0.25) is 0 Å². The molecule has 1 saturated carbocycles. The van der Waals surface area contributed by atoms with Crippen molar-refractivity contribution in [1.82, 2.24) is 19.4 Å². The second kappa shape index (κ2) is 10.0. The van der Waals surface area contributed by atoms with Gasteiger partial charge in [0.1, 0.15) is 11.6 Å². The van der Waals surface area contributed by atoms with Crippen LogP contribution in [0.4, 0.5) is 4.39 Å². The first-order valence-corrected chi connectivity index (χ1v) is 13.4. The summed E-state index contributed by atoms with van der Waals surface area (Å²) in [6, 6.07) is 4.89. The fraction of sp³-hybridized carbons (Fsp3) is 0.500. The van der Waals surface area contributed by atoms with Gasteiger partial charge in [0.2, 0.25) is 0 Å². The van der Waals surface area contributed by atoms with Crippen molar-refractivity contribution in [3.63, 3.8) is 0 Å². The van der Waals surface area contributed by atoms with E-state index in [0.29, 0.717) is 34.9 Å². The highest BCUT2D eigenvalue weighted by Crippen LogP contribution is 2.35. The molecule has 37 heavy (non-hydrogen) atoms. The summed E-state index contributed by atoms with van der Waals surface area (Å²) in [5.74, 6) is 0.779. The predicted octanol–water partition coefficient (Wildman–Crippen LogP) is 5.19. The molecule has 196 valence electrons. The third-order valence-electron chi connectivity index (χ3n) is 8.59. The highest BCUT2D eigenvalue weighted by molar-refractivity contribution is 5.99. The number of nitrogens with zero attached hydrogens (tertiary/aromatic N) is 4. The summed E-state index contributed by atoms with van der Waals surface area (Å²) in [7, 11) is 1.75. The van der Waals surface area contributed by atoms with Gasteiger partial charge in [0.15, 0.2) is 0 Å². The molecular formula is C30H37FN4O2. The number of rotatable bonds is 7. The normalized spacial score (nSPS) is 19.5. The van der Waals surface area contributed by atoms with Crippen LogP contribution in [0.15, 0.2) is 36.8 Å². The van der Waals surface area contributed by atoms with Crippen molar-refractivity contribution in [3.05, 3.63) is 59.3 Å². The Labute approximate surface area is 218 Å². The van der Waals surface area contributed by atoms with Gasteiger partial charge in [-0.3, -0.25) is 14.6 Å². The van der Waals surface area contributed by atoms with E-state index in [1.165, 1.54) is 17.7 Å². The monoisotopic (exact) mass is 504 g/mol. The number of amides is 1. The molecule has 0 spiro atoms. The van der Waals surface area contributed by atoms with Gasteiger partial charge in [-0.2, -0.15) is 0 Å². The predicted molar refractivity (Wildman–Crippen MR) is 144 cm³/mol. The van der Waals surface area contributed by atoms with E-state index < -0.39 is 5.82 Å². The van der Waals surface area contributed by atoms with Crippen LogP contribution in [0.25, 0.3) is 16.6 Å². The zero-order chi connectivity index (χ0) is 26.4. The van der Waals surface area contributed by atoms with Crippen molar-refractivity contribution in [1.29, 1.82) is 0 Å². The Morgan fingerprint density at radius 2 is 1.97 bits per heavy atom. The molecule has 1 aromatic carbocycles. The van der Waals surface area contributed by atoms with E-state index in [-0.39, 0.29) is 11.9 Å². The highest BCUT2D eigenvalue weighted by atomic mass is 19.1. The lowest BCUT2D eigenvalue weighted by atomic mass is 9.78. The average Bonchev–Trinajstić information content (AvgIpc) is 3.46. The summed E-state index contributed by atoms with van der Waals surface area (Å²) in [6.07, 6.45) is 9.36. The molecule has 0 N–H and O–H groups in total. The molecule has 1 amide bonds. The Bertz CT molecular complexity index is 1340. The Kier molecular flexibility index (Phi) is 6.92. The molecule has 3 heterocycles. The highest BCUT2D eigenvalue weighted by Gasteiger charge is 2.37. The molecule has 1 aliphatic heterocycles. The van der Waals surface area contributed by atoms with Gasteiger partial charge in [0.05, 0.1) is 23.0 Å². The maximum Gasteiger partial charge on any atom is 0.256 e. The first kappa shape index (κ1) is 25.6. The standard InChI is InChI=1S/C30H37FN4O2/c1-18(2)33(5)30(37)26-13-24(31)6-7-27(26)35-17-23(29-19(3)14-32-15-28(29)35)10-21-8-9-34(16-21)20(4)22-11-25(36)12-22/h6-7,13-15,17-18,20-22H,8-12,16H2,1-5H3/t20?,21-/m0/s1. The number of ketones is 1. The molecule has 2 aliphatic rings. The number of aromatic nitrogens is 2. The van der Waals surface area contributed by atoms with Gasteiger partial charge in [0.25, 0.3) is 5.91 Å². The summed E-state index contributed by atoms with van der Waals surface area (Å²) >= 11 is 0. The van der Waals surface area contributed by atoms with Crippen LogP contribution >= 0.6 is 0 Å². The van der Waals surface area contributed by atoms with Crippen LogP contribution in [0.3, 0.4) is 0 Å². The number of fused-ring (bicyclic) bond motifs is 1. The Balaban J connectivity index is 1.48. The van der Waals surface area contributed by atoms with E-state index in [0.717, 1.165) is 55.2 Å². The lowest BCUT2D eigenvalue weighted by molar-refractivity contribution is -0.128. The SMILES string of the molecule is Cc1cncc2c1c(C[C@@H]1CCN(C(C)C3CC(=O)C3)C1)cn2-c1ccc(F)cc1C(=O)N(C)C(C)C. The van der Waals surface area contributed by atoms with E-state index in [4.69, 9.17) is 0 Å². The number of Topliss-reactive ketones (excluding diaryl/α,β-unsaturated/α-hetero) is 1. The van der Waals surface area contributed by atoms with Gasteiger partial charge in [-0.25, -0.2) is 4.39 Å². The van der Waals surface area contributed by atoms with Gasteiger partial charge in [0, 0.05) is 56.3 Å². The number of hydrogen-bond donors (Lipinski definition) is 0. The van der Waals surface area contributed by atoms with Crippen LogP contribution in [0, 0.1) is 24.6 Å². The minimum Gasteiger partial charge on any atom is -0.339 e. The quantitative estimate of drug-likeness (QED) is 0.445. The topological polar surface area (TPSA) is 58.4 Å². The van der Waals surface area contributed by atoms with Crippen molar-refractivity contribution >= 4 is 22.6 Å². The second-order valence-corrected chi connectivity index (χ2v) is 11.3. The molecule has 1 unspecified atom stereocenters. The number of hydrogen-bond acceptors (Lipinski definition) is 4. The lowest BCUT2D eigenvalue weighted by Gasteiger charge is -2.36. The maximum atomic E-state index is 14.3. The zero-order valence-electron chi connectivity index (χ0n) is 22.5. The maximum absolute atomic E-state index is 14.3. The molecule has 7 heteroatoms. The second-order valence-electron chi connectivity index (χ2n) is 11.3. The number of carbonyl (C=O) groups excluding carboxylic acids is 2. The summed E-state index contributed by atoms with van der Waals surface area (Å²) in [5.41, 5.74) is 4.26. The molecule has 0 radical (unpaired) electrons. The van der Waals surface area contributed by atoms with Crippen LogP contribution in [-0.4, -0.2) is 63.3 Å². The van der Waals surface area contributed by atoms with E-state index in [1.807, 2.05) is 30.8 Å². The number of pyridine rings is 1. The third kappa shape index (κ3) is 4.81. The van der Waals surface area contributed by atoms with Crippen molar-refractivity contribution in [2.45, 2.75) is 65.5 Å². The number of benzene rings is 1. The van der Waals surface area contributed by atoms with Gasteiger partial charge in [-0.15, -0.1) is 0 Å². The Hall–Kier alpha value is -3.06. The molecule has 2 aromatic heterocycles. The summed E-state index contributed by atoms with van der Waals surface area (Å²) < 4.78 is 16.4. The molecule has 5 rings (SSSR count). The smallest absolute Gasteiger partial charge is 0.256 e. The molecule has 1 saturated heterocycles. The van der Waals surface area contributed by atoms with Gasteiger partial charge in [-0.05, 0) is 88.2 Å². The van der Waals surface area contributed by atoms with Crippen LogP contribution in [-0.2, 0) is 11.2 Å². The minimum absolute atomic E-state index is 0.00439. The average molecular weight is 505 g/mol. The van der Waals surface area contributed by atoms with Gasteiger partial charge >= 0.3 is 0 Å². The van der Waals surface area contributed by atoms with E-state index in [1.54, 1.807) is 18.0 Å². The minimum atomic E-state index is -0.427. The molecule has 1 aliphatic carbocycles. The van der Waals surface area contributed by atoms with E-state index in [9.17, 15) is 14.0 Å². The van der Waals surface area contributed by atoms with Crippen molar-refractivity contribution in [3.8, 4) is 5.69 Å². The molecule has 0 bridgehead atoms. The fourth-order valence-corrected chi connectivity index (χ4v) is 5.98. The number of aryl methyl sites for hydroxylation is 1. The Morgan fingerprint density at radius 3 is 2.68 bits per heavy atom.